The molecule has 0 bridgehead atoms. The molecule has 1 amide bonds. The first-order valence-electron chi connectivity index (χ1n) is 8.31. The molecule has 0 saturated carbocycles. The Morgan fingerprint density at radius 2 is 2.12 bits per heavy atom. The van der Waals surface area contributed by atoms with Crippen LogP contribution < -0.4 is 5.32 Å². The number of aryl methyl sites for hydroxylation is 1. The molecule has 0 spiro atoms. The highest BCUT2D eigenvalue weighted by atomic mass is 19.1. The summed E-state index contributed by atoms with van der Waals surface area (Å²) >= 11 is 0. The van der Waals surface area contributed by atoms with Crippen molar-refractivity contribution < 1.29 is 13.7 Å². The predicted molar refractivity (Wildman–Crippen MR) is 87.9 cm³/mol. The zero-order chi connectivity index (χ0) is 16.9. The maximum Gasteiger partial charge on any atom is 0.227 e. The van der Waals surface area contributed by atoms with Crippen LogP contribution in [0.3, 0.4) is 0 Å². The second kappa shape index (κ2) is 7.57. The Morgan fingerprint density at radius 1 is 1.38 bits per heavy atom. The van der Waals surface area contributed by atoms with Gasteiger partial charge in [-0.05, 0) is 38.9 Å². The molecule has 1 fully saturated rings. The fourth-order valence-corrected chi connectivity index (χ4v) is 3.17. The fraction of sp³-hybridized carbons (Fsp3) is 0.444. The standard InChI is InChI=1S/C18H22FN3O2/c1-13-10-14(24-21-13)11-18(23)20-12-17(22-8-4-5-9-22)15-6-2-3-7-16(15)19/h2-3,6-7,10,17H,4-5,8-9,11-12H2,1H3,(H,20,23)/t17-/m1/s1. The second-order valence-corrected chi connectivity index (χ2v) is 6.20. The van der Waals surface area contributed by atoms with Crippen LogP contribution in [-0.4, -0.2) is 35.6 Å². The van der Waals surface area contributed by atoms with Crippen LogP contribution in [-0.2, 0) is 11.2 Å². The van der Waals surface area contributed by atoms with E-state index in [0.29, 0.717) is 17.9 Å². The third-order valence-corrected chi connectivity index (χ3v) is 4.35. The van der Waals surface area contributed by atoms with E-state index in [1.165, 1.54) is 6.07 Å². The number of nitrogens with zero attached hydrogens (tertiary/aromatic N) is 2. The molecule has 3 rings (SSSR count). The minimum atomic E-state index is -0.227. The Bertz CT molecular complexity index is 695. The molecule has 0 aliphatic carbocycles. The van der Waals surface area contributed by atoms with Gasteiger partial charge in [0.15, 0.2) is 0 Å². The van der Waals surface area contributed by atoms with E-state index >= 15 is 0 Å². The summed E-state index contributed by atoms with van der Waals surface area (Å²) in [4.78, 5) is 14.4. The van der Waals surface area contributed by atoms with E-state index in [4.69, 9.17) is 4.52 Å². The molecule has 2 aromatic rings. The van der Waals surface area contributed by atoms with Crippen LogP contribution >= 0.6 is 0 Å². The van der Waals surface area contributed by atoms with Crippen LogP contribution in [0.25, 0.3) is 0 Å². The Balaban J connectivity index is 1.65. The minimum absolute atomic E-state index is 0.144. The van der Waals surface area contributed by atoms with E-state index < -0.39 is 0 Å². The zero-order valence-corrected chi connectivity index (χ0v) is 13.8. The van der Waals surface area contributed by atoms with Crippen molar-refractivity contribution >= 4 is 5.91 Å². The molecule has 1 N–H and O–H groups in total. The molecule has 24 heavy (non-hydrogen) atoms. The molecule has 1 aliphatic rings. The number of aromatic nitrogens is 1. The van der Waals surface area contributed by atoms with Gasteiger partial charge in [-0.1, -0.05) is 23.4 Å². The third kappa shape index (κ3) is 4.00. The van der Waals surface area contributed by atoms with Gasteiger partial charge in [0, 0.05) is 18.2 Å². The van der Waals surface area contributed by atoms with Crippen molar-refractivity contribution in [3.05, 3.63) is 53.2 Å². The largest absolute Gasteiger partial charge is 0.361 e. The Hall–Kier alpha value is -2.21. The van der Waals surface area contributed by atoms with Gasteiger partial charge in [0.25, 0.3) is 0 Å². The summed E-state index contributed by atoms with van der Waals surface area (Å²) in [6.45, 7) is 4.05. The number of rotatable bonds is 6. The molecule has 128 valence electrons. The van der Waals surface area contributed by atoms with Crippen LogP contribution in [0, 0.1) is 12.7 Å². The van der Waals surface area contributed by atoms with E-state index in [1.807, 2.05) is 13.0 Å². The Labute approximate surface area is 140 Å². The summed E-state index contributed by atoms with van der Waals surface area (Å²) in [6.07, 6.45) is 2.36. The van der Waals surface area contributed by atoms with Crippen LogP contribution in [0.2, 0.25) is 0 Å². The average Bonchev–Trinajstić information content (AvgIpc) is 3.21. The molecule has 0 radical (unpaired) electrons. The average molecular weight is 331 g/mol. The number of likely N-dealkylation sites (tertiary alicyclic amines) is 1. The summed E-state index contributed by atoms with van der Waals surface area (Å²) < 4.78 is 19.3. The van der Waals surface area contributed by atoms with Crippen molar-refractivity contribution in [1.82, 2.24) is 15.4 Å². The van der Waals surface area contributed by atoms with E-state index in [-0.39, 0.29) is 24.2 Å². The first-order valence-corrected chi connectivity index (χ1v) is 8.31. The summed E-state index contributed by atoms with van der Waals surface area (Å²) in [5, 5.41) is 6.68. The van der Waals surface area contributed by atoms with E-state index in [1.54, 1.807) is 18.2 Å². The highest BCUT2D eigenvalue weighted by Crippen LogP contribution is 2.26. The van der Waals surface area contributed by atoms with Crippen LogP contribution in [0.4, 0.5) is 4.39 Å². The van der Waals surface area contributed by atoms with Crippen molar-refractivity contribution in [2.45, 2.75) is 32.2 Å². The topological polar surface area (TPSA) is 58.4 Å². The summed E-state index contributed by atoms with van der Waals surface area (Å²) in [5.41, 5.74) is 1.38. The number of carbonyl (C=O) groups is 1. The van der Waals surface area contributed by atoms with Gasteiger partial charge >= 0.3 is 0 Å². The van der Waals surface area contributed by atoms with Gasteiger partial charge in [0.1, 0.15) is 11.6 Å². The van der Waals surface area contributed by atoms with E-state index in [2.05, 4.69) is 15.4 Å². The number of halogens is 1. The van der Waals surface area contributed by atoms with Crippen LogP contribution in [0.1, 0.15) is 35.9 Å². The van der Waals surface area contributed by atoms with Gasteiger partial charge < -0.3 is 9.84 Å². The maximum atomic E-state index is 14.2. The molecule has 2 heterocycles. The lowest BCUT2D eigenvalue weighted by atomic mass is 10.0. The lowest BCUT2D eigenvalue weighted by molar-refractivity contribution is -0.121. The van der Waals surface area contributed by atoms with Gasteiger partial charge in [-0.25, -0.2) is 4.39 Å². The molecular weight excluding hydrogens is 309 g/mol. The number of nitrogens with one attached hydrogen (secondary N) is 1. The molecular formula is C18H22FN3O2. The number of benzene rings is 1. The first-order chi connectivity index (χ1) is 11.6. The SMILES string of the molecule is Cc1cc(CC(=O)NC[C@H](c2ccccc2F)N2CCCC2)on1. The minimum Gasteiger partial charge on any atom is -0.361 e. The van der Waals surface area contributed by atoms with E-state index in [9.17, 15) is 9.18 Å². The normalized spacial score (nSPS) is 16.2. The van der Waals surface area contributed by atoms with Crippen LogP contribution in [0.15, 0.2) is 34.9 Å². The van der Waals surface area contributed by atoms with Crippen molar-refractivity contribution in [2.24, 2.45) is 0 Å². The Morgan fingerprint density at radius 3 is 2.79 bits per heavy atom. The molecule has 1 saturated heterocycles. The molecule has 5 nitrogen and oxygen atoms in total. The summed E-state index contributed by atoms with van der Waals surface area (Å²) in [7, 11) is 0. The van der Waals surface area contributed by atoms with Gasteiger partial charge in [-0.15, -0.1) is 0 Å². The lowest BCUT2D eigenvalue weighted by Gasteiger charge is -2.28. The number of amides is 1. The van der Waals surface area contributed by atoms with Crippen molar-refractivity contribution in [3.8, 4) is 0 Å². The van der Waals surface area contributed by atoms with Gasteiger partial charge in [0.05, 0.1) is 18.2 Å². The van der Waals surface area contributed by atoms with Crippen molar-refractivity contribution in [3.63, 3.8) is 0 Å². The molecule has 0 unspecified atom stereocenters. The highest BCUT2D eigenvalue weighted by molar-refractivity contribution is 5.77. The monoisotopic (exact) mass is 331 g/mol. The maximum absolute atomic E-state index is 14.2. The van der Waals surface area contributed by atoms with Crippen molar-refractivity contribution in [2.75, 3.05) is 19.6 Å². The number of hydrogen-bond acceptors (Lipinski definition) is 4. The zero-order valence-electron chi connectivity index (χ0n) is 13.8. The van der Waals surface area contributed by atoms with Gasteiger partial charge in [0.2, 0.25) is 5.91 Å². The van der Waals surface area contributed by atoms with Crippen LogP contribution in [0.5, 0.6) is 0 Å². The molecule has 6 heteroatoms. The summed E-state index contributed by atoms with van der Waals surface area (Å²) in [5.74, 6) is 0.162. The van der Waals surface area contributed by atoms with Gasteiger partial charge in [-0.2, -0.15) is 0 Å². The summed E-state index contributed by atoms with van der Waals surface area (Å²) in [6, 6.07) is 8.38. The Kier molecular flexibility index (Phi) is 5.25. The van der Waals surface area contributed by atoms with Crippen molar-refractivity contribution in [1.29, 1.82) is 0 Å². The molecule has 1 atom stereocenters. The molecule has 1 aromatic carbocycles. The lowest BCUT2D eigenvalue weighted by Crippen LogP contribution is -2.37. The molecule has 1 aliphatic heterocycles. The number of hydrogen-bond donors (Lipinski definition) is 1. The second-order valence-electron chi connectivity index (χ2n) is 6.20. The highest BCUT2D eigenvalue weighted by Gasteiger charge is 2.26. The number of carbonyl (C=O) groups excluding carboxylic acids is 1. The fourth-order valence-electron chi connectivity index (χ4n) is 3.17. The first kappa shape index (κ1) is 16.6. The predicted octanol–water partition coefficient (Wildman–Crippen LogP) is 2.62. The molecule has 1 aromatic heterocycles. The van der Waals surface area contributed by atoms with E-state index in [0.717, 1.165) is 31.6 Å². The van der Waals surface area contributed by atoms with Gasteiger partial charge in [-0.3, -0.25) is 9.69 Å². The third-order valence-electron chi connectivity index (χ3n) is 4.35. The smallest absolute Gasteiger partial charge is 0.227 e. The quantitative estimate of drug-likeness (QED) is 0.884.